The van der Waals surface area contributed by atoms with E-state index in [4.69, 9.17) is 5.73 Å². The lowest BCUT2D eigenvalue weighted by Crippen LogP contribution is -2.35. The van der Waals surface area contributed by atoms with Gasteiger partial charge in [-0.05, 0) is 36.2 Å². The molecule has 0 saturated heterocycles. The Bertz CT molecular complexity index is 1110. The summed E-state index contributed by atoms with van der Waals surface area (Å²) in [6.07, 6.45) is 4.24. The summed E-state index contributed by atoms with van der Waals surface area (Å²) in [7, 11) is 0. The van der Waals surface area contributed by atoms with E-state index in [9.17, 15) is 10.1 Å². The predicted molar refractivity (Wildman–Crippen MR) is 105 cm³/mol. The van der Waals surface area contributed by atoms with Gasteiger partial charge in [-0.1, -0.05) is 6.07 Å². The molecule has 0 fully saturated rings. The molecule has 140 valence electrons. The van der Waals surface area contributed by atoms with Crippen LogP contribution in [0.2, 0.25) is 0 Å². The van der Waals surface area contributed by atoms with Crippen molar-refractivity contribution in [2.75, 3.05) is 12.3 Å². The smallest absolute Gasteiger partial charge is 0.219 e. The fourth-order valence-corrected chi connectivity index (χ4v) is 3.75. The van der Waals surface area contributed by atoms with E-state index in [-0.39, 0.29) is 11.7 Å². The second-order valence-corrected chi connectivity index (χ2v) is 6.92. The van der Waals surface area contributed by atoms with Crippen molar-refractivity contribution in [3.05, 3.63) is 59.0 Å². The number of hydrogen-bond acceptors (Lipinski definition) is 5. The van der Waals surface area contributed by atoms with Gasteiger partial charge in [0, 0.05) is 50.0 Å². The lowest BCUT2D eigenvalue weighted by atomic mass is 9.89. The SMILES string of the molecule is CC(=O)N1CCc2nc(N)c(C#N)c(-c3ccc(-n4cccn4)cc3C)c2C1. The van der Waals surface area contributed by atoms with E-state index >= 15 is 0 Å². The van der Waals surface area contributed by atoms with Crippen LogP contribution in [0.1, 0.15) is 29.3 Å². The minimum atomic E-state index is 0.0117. The highest BCUT2D eigenvalue weighted by molar-refractivity contribution is 5.82. The number of aromatic nitrogens is 3. The largest absolute Gasteiger partial charge is 0.383 e. The van der Waals surface area contributed by atoms with Crippen LogP contribution in [0.15, 0.2) is 36.7 Å². The number of nitrogens with two attached hydrogens (primary N) is 1. The minimum absolute atomic E-state index is 0.0117. The van der Waals surface area contributed by atoms with E-state index in [0.717, 1.165) is 33.6 Å². The molecule has 1 aromatic carbocycles. The molecule has 1 aliphatic rings. The molecule has 28 heavy (non-hydrogen) atoms. The first kappa shape index (κ1) is 17.7. The molecule has 0 bridgehead atoms. The number of rotatable bonds is 2. The van der Waals surface area contributed by atoms with Gasteiger partial charge in [0.2, 0.25) is 5.91 Å². The lowest BCUT2D eigenvalue weighted by molar-refractivity contribution is -0.129. The van der Waals surface area contributed by atoms with E-state index in [2.05, 4.69) is 16.2 Å². The van der Waals surface area contributed by atoms with Gasteiger partial charge in [0.25, 0.3) is 0 Å². The molecule has 2 N–H and O–H groups in total. The molecule has 1 amide bonds. The first-order chi connectivity index (χ1) is 13.5. The van der Waals surface area contributed by atoms with E-state index in [0.29, 0.717) is 25.1 Å². The third-order valence-corrected chi connectivity index (χ3v) is 5.18. The zero-order chi connectivity index (χ0) is 19.8. The average Bonchev–Trinajstić information content (AvgIpc) is 3.21. The third kappa shape index (κ3) is 2.89. The number of carbonyl (C=O) groups excluding carboxylic acids is 1. The number of nitrogens with zero attached hydrogens (tertiary/aromatic N) is 5. The summed E-state index contributed by atoms with van der Waals surface area (Å²) in [4.78, 5) is 18.2. The molecule has 0 atom stereocenters. The van der Waals surface area contributed by atoms with Crippen molar-refractivity contribution in [1.82, 2.24) is 19.7 Å². The Labute approximate surface area is 163 Å². The first-order valence-electron chi connectivity index (χ1n) is 9.07. The molecule has 0 spiro atoms. The van der Waals surface area contributed by atoms with Crippen molar-refractivity contribution in [2.24, 2.45) is 0 Å². The number of anilines is 1. The highest BCUT2D eigenvalue weighted by atomic mass is 16.2. The zero-order valence-corrected chi connectivity index (χ0v) is 15.8. The van der Waals surface area contributed by atoms with Crippen molar-refractivity contribution in [3.8, 4) is 22.9 Å². The number of aryl methyl sites for hydroxylation is 1. The summed E-state index contributed by atoms with van der Waals surface area (Å²) >= 11 is 0. The van der Waals surface area contributed by atoms with Crippen LogP contribution in [-0.2, 0) is 17.8 Å². The Morgan fingerprint density at radius 2 is 2.18 bits per heavy atom. The molecule has 0 saturated carbocycles. The Morgan fingerprint density at radius 3 is 2.82 bits per heavy atom. The van der Waals surface area contributed by atoms with Crippen LogP contribution in [-0.4, -0.2) is 32.1 Å². The van der Waals surface area contributed by atoms with Gasteiger partial charge in [0.05, 0.1) is 11.4 Å². The highest BCUT2D eigenvalue weighted by Gasteiger charge is 2.27. The fourth-order valence-electron chi connectivity index (χ4n) is 3.75. The summed E-state index contributed by atoms with van der Waals surface area (Å²) in [6.45, 7) is 4.60. The maximum atomic E-state index is 11.9. The molecular weight excluding hydrogens is 352 g/mol. The highest BCUT2D eigenvalue weighted by Crippen LogP contribution is 2.37. The quantitative estimate of drug-likeness (QED) is 0.745. The van der Waals surface area contributed by atoms with Crippen LogP contribution in [0.25, 0.3) is 16.8 Å². The molecule has 0 unspecified atom stereocenters. The maximum Gasteiger partial charge on any atom is 0.219 e. The van der Waals surface area contributed by atoms with Crippen molar-refractivity contribution in [1.29, 1.82) is 5.26 Å². The van der Waals surface area contributed by atoms with Crippen LogP contribution in [0.5, 0.6) is 0 Å². The molecule has 3 heterocycles. The van der Waals surface area contributed by atoms with E-state index in [1.165, 1.54) is 0 Å². The van der Waals surface area contributed by atoms with Crippen LogP contribution in [0.4, 0.5) is 5.82 Å². The summed E-state index contributed by atoms with van der Waals surface area (Å²) in [5.74, 6) is 0.251. The van der Waals surface area contributed by atoms with Crippen LogP contribution in [0.3, 0.4) is 0 Å². The van der Waals surface area contributed by atoms with Crippen molar-refractivity contribution in [3.63, 3.8) is 0 Å². The summed E-state index contributed by atoms with van der Waals surface area (Å²) < 4.78 is 1.79. The van der Waals surface area contributed by atoms with Gasteiger partial charge in [-0.2, -0.15) is 10.4 Å². The number of nitrogen functional groups attached to an aromatic ring is 1. The number of benzene rings is 1. The molecule has 7 nitrogen and oxygen atoms in total. The topological polar surface area (TPSA) is 101 Å². The Balaban J connectivity index is 1.91. The maximum absolute atomic E-state index is 11.9. The molecule has 0 radical (unpaired) electrons. The van der Waals surface area contributed by atoms with Gasteiger partial charge in [-0.25, -0.2) is 9.67 Å². The summed E-state index contributed by atoms with van der Waals surface area (Å²) in [5, 5.41) is 14.0. The minimum Gasteiger partial charge on any atom is -0.383 e. The monoisotopic (exact) mass is 372 g/mol. The molecule has 1 aliphatic heterocycles. The van der Waals surface area contributed by atoms with Crippen molar-refractivity contribution in [2.45, 2.75) is 26.8 Å². The second-order valence-electron chi connectivity index (χ2n) is 6.92. The number of hydrogen-bond donors (Lipinski definition) is 1. The molecule has 4 rings (SSSR count). The fraction of sp³-hybridized carbons (Fsp3) is 0.238. The predicted octanol–water partition coefficient (Wildman–Crippen LogP) is 2.60. The number of fused-ring (bicyclic) bond motifs is 1. The van der Waals surface area contributed by atoms with Crippen molar-refractivity contribution >= 4 is 11.7 Å². The van der Waals surface area contributed by atoms with Gasteiger partial charge < -0.3 is 10.6 Å². The van der Waals surface area contributed by atoms with E-state index < -0.39 is 0 Å². The number of pyridine rings is 1. The van der Waals surface area contributed by atoms with E-state index in [1.54, 1.807) is 22.7 Å². The molecule has 0 aliphatic carbocycles. The van der Waals surface area contributed by atoms with Crippen LogP contribution >= 0.6 is 0 Å². The van der Waals surface area contributed by atoms with Crippen LogP contribution < -0.4 is 5.73 Å². The summed E-state index contributed by atoms with van der Waals surface area (Å²) in [6, 6.07) is 10.1. The lowest BCUT2D eigenvalue weighted by Gasteiger charge is -2.30. The number of carbonyl (C=O) groups is 1. The second kappa shape index (κ2) is 6.82. The summed E-state index contributed by atoms with van der Waals surface area (Å²) in [5.41, 5.74) is 11.9. The zero-order valence-electron chi connectivity index (χ0n) is 15.8. The Kier molecular flexibility index (Phi) is 4.32. The molecular formula is C21H20N6O. The first-order valence-corrected chi connectivity index (χ1v) is 9.07. The third-order valence-electron chi connectivity index (χ3n) is 5.18. The molecule has 7 heteroatoms. The number of amides is 1. The van der Waals surface area contributed by atoms with Gasteiger partial charge >= 0.3 is 0 Å². The van der Waals surface area contributed by atoms with Crippen LogP contribution in [0, 0.1) is 18.3 Å². The van der Waals surface area contributed by atoms with Gasteiger partial charge in [0.1, 0.15) is 17.5 Å². The average molecular weight is 372 g/mol. The van der Waals surface area contributed by atoms with Gasteiger partial charge in [-0.15, -0.1) is 0 Å². The number of nitriles is 1. The molecule has 2 aromatic heterocycles. The van der Waals surface area contributed by atoms with Gasteiger partial charge in [-0.3, -0.25) is 4.79 Å². The van der Waals surface area contributed by atoms with Gasteiger partial charge in [0.15, 0.2) is 0 Å². The standard InChI is InChI=1S/C21H20N6O/c1-13-10-15(27-8-3-7-24-27)4-5-16(13)20-17(11-22)21(23)25-19-6-9-26(14(2)28)12-18(19)20/h3-5,7-8,10H,6,9,12H2,1-2H3,(H2,23,25). The van der Waals surface area contributed by atoms with Crippen molar-refractivity contribution < 1.29 is 4.79 Å². The normalized spacial score (nSPS) is 13.1. The van der Waals surface area contributed by atoms with E-state index in [1.807, 2.05) is 37.4 Å². The molecule has 3 aromatic rings. The Hall–Kier alpha value is -3.66. The Morgan fingerprint density at radius 1 is 1.36 bits per heavy atom.